The van der Waals surface area contributed by atoms with E-state index in [0.29, 0.717) is 50.0 Å². The molecule has 0 saturated carbocycles. The first-order valence-electron chi connectivity index (χ1n) is 11.0. The van der Waals surface area contributed by atoms with Gasteiger partial charge < -0.3 is 20.3 Å². The van der Waals surface area contributed by atoms with Crippen LogP contribution in [0.15, 0.2) is 54.6 Å². The van der Waals surface area contributed by atoms with Crippen molar-refractivity contribution in [1.82, 2.24) is 10.2 Å². The molecule has 3 rings (SSSR count). The van der Waals surface area contributed by atoms with E-state index in [1.54, 1.807) is 24.3 Å². The molecule has 0 radical (unpaired) electrons. The highest BCUT2D eigenvalue weighted by Gasteiger charge is 2.27. The third kappa shape index (κ3) is 7.17. The highest BCUT2D eigenvalue weighted by atomic mass is 16.5. The summed E-state index contributed by atoms with van der Waals surface area (Å²) in [6, 6.07) is 16.5. The van der Waals surface area contributed by atoms with Gasteiger partial charge in [0, 0.05) is 36.7 Å². The maximum absolute atomic E-state index is 12.7. The average molecular weight is 452 g/mol. The number of hydrogen-bond acceptors (Lipinski definition) is 5. The Bertz CT molecular complexity index is 985. The Kier molecular flexibility index (Phi) is 8.57. The van der Waals surface area contributed by atoms with Gasteiger partial charge in [-0.3, -0.25) is 19.2 Å². The fraction of sp³-hybridized carbons (Fsp3) is 0.360. The van der Waals surface area contributed by atoms with E-state index in [1.165, 1.54) is 7.11 Å². The van der Waals surface area contributed by atoms with Crippen molar-refractivity contribution in [3.8, 4) is 0 Å². The molecule has 8 heteroatoms. The zero-order valence-electron chi connectivity index (χ0n) is 18.7. The number of aryl methyl sites for hydroxylation is 1. The summed E-state index contributed by atoms with van der Waals surface area (Å²) in [5, 5.41) is 5.33. The van der Waals surface area contributed by atoms with E-state index in [-0.39, 0.29) is 24.3 Å². The number of anilines is 1. The quantitative estimate of drug-likeness (QED) is 0.600. The molecule has 0 spiro atoms. The molecular weight excluding hydrogens is 422 g/mol. The van der Waals surface area contributed by atoms with Crippen molar-refractivity contribution in [2.45, 2.75) is 25.7 Å². The van der Waals surface area contributed by atoms with E-state index in [1.807, 2.05) is 35.2 Å². The molecule has 1 aliphatic rings. The molecule has 0 unspecified atom stereocenters. The van der Waals surface area contributed by atoms with E-state index in [4.69, 9.17) is 0 Å². The molecule has 3 amide bonds. The van der Waals surface area contributed by atoms with Crippen LogP contribution in [-0.2, 0) is 25.5 Å². The van der Waals surface area contributed by atoms with E-state index in [0.717, 1.165) is 5.56 Å². The normalized spacial score (nSPS) is 13.8. The van der Waals surface area contributed by atoms with Crippen LogP contribution in [0.25, 0.3) is 0 Å². The zero-order chi connectivity index (χ0) is 23.6. The molecule has 0 atom stereocenters. The first kappa shape index (κ1) is 24.0. The summed E-state index contributed by atoms with van der Waals surface area (Å²) < 4.78 is 4.50. The molecule has 8 nitrogen and oxygen atoms in total. The van der Waals surface area contributed by atoms with Gasteiger partial charge in [-0.1, -0.05) is 36.4 Å². The lowest BCUT2D eigenvalue weighted by atomic mass is 9.95. The fourth-order valence-corrected chi connectivity index (χ4v) is 3.75. The zero-order valence-corrected chi connectivity index (χ0v) is 18.7. The summed E-state index contributed by atoms with van der Waals surface area (Å²) in [7, 11) is 1.25. The van der Waals surface area contributed by atoms with Gasteiger partial charge >= 0.3 is 5.97 Å². The maximum Gasteiger partial charge on any atom is 0.325 e. The van der Waals surface area contributed by atoms with E-state index >= 15 is 0 Å². The third-order valence-electron chi connectivity index (χ3n) is 5.70. The molecule has 2 aromatic carbocycles. The number of methoxy groups -OCH3 is 1. The molecule has 1 saturated heterocycles. The largest absolute Gasteiger partial charge is 0.468 e. The van der Waals surface area contributed by atoms with Gasteiger partial charge in [0.25, 0.3) is 5.91 Å². The smallest absolute Gasteiger partial charge is 0.325 e. The van der Waals surface area contributed by atoms with Gasteiger partial charge in [0.2, 0.25) is 11.8 Å². The summed E-state index contributed by atoms with van der Waals surface area (Å²) in [5.74, 6) is -1.18. The number of piperidine rings is 1. The van der Waals surface area contributed by atoms with Gasteiger partial charge in [0.1, 0.15) is 6.54 Å². The Labute approximate surface area is 193 Å². The molecular formula is C25H29N3O5. The number of nitrogens with one attached hydrogen (secondary N) is 2. The van der Waals surface area contributed by atoms with E-state index < -0.39 is 11.9 Å². The number of likely N-dealkylation sites (tertiary alicyclic amines) is 1. The Balaban J connectivity index is 1.45. The predicted octanol–water partition coefficient (Wildman–Crippen LogP) is 2.40. The second-order valence-electron chi connectivity index (χ2n) is 7.97. The topological polar surface area (TPSA) is 105 Å². The molecule has 174 valence electrons. The predicted molar refractivity (Wildman–Crippen MR) is 123 cm³/mol. The number of benzene rings is 2. The Morgan fingerprint density at radius 2 is 1.73 bits per heavy atom. The van der Waals surface area contributed by atoms with Gasteiger partial charge in [-0.15, -0.1) is 0 Å². The molecule has 1 aliphatic heterocycles. The van der Waals surface area contributed by atoms with Crippen LogP contribution in [-0.4, -0.2) is 55.3 Å². The lowest BCUT2D eigenvalue weighted by Gasteiger charge is -2.31. The molecule has 1 heterocycles. The summed E-state index contributed by atoms with van der Waals surface area (Å²) in [6.07, 6.45) is 2.37. The first-order chi connectivity index (χ1) is 16.0. The lowest BCUT2D eigenvalue weighted by Crippen LogP contribution is -2.41. The molecule has 2 N–H and O–H groups in total. The van der Waals surface area contributed by atoms with Gasteiger partial charge in [-0.2, -0.15) is 0 Å². The van der Waals surface area contributed by atoms with Crippen molar-refractivity contribution in [3.63, 3.8) is 0 Å². The second-order valence-corrected chi connectivity index (χ2v) is 7.97. The Morgan fingerprint density at radius 1 is 1.00 bits per heavy atom. The number of nitrogens with zero attached hydrogens (tertiary/aromatic N) is 1. The molecule has 0 aromatic heterocycles. The third-order valence-corrected chi connectivity index (χ3v) is 5.70. The standard InChI is InChI=1S/C25H29N3O5/c1-33-23(30)17-26-24(31)20-8-5-9-21(16-20)27-25(32)19-12-14-28(15-13-19)22(29)11-10-18-6-3-2-4-7-18/h2-9,16,19H,10-15,17H2,1H3,(H,26,31)(H,27,32). The van der Waals surface area contributed by atoms with Crippen molar-refractivity contribution in [1.29, 1.82) is 0 Å². The minimum absolute atomic E-state index is 0.114. The van der Waals surface area contributed by atoms with Crippen LogP contribution >= 0.6 is 0 Å². The van der Waals surface area contributed by atoms with E-state index in [2.05, 4.69) is 15.4 Å². The fourth-order valence-electron chi connectivity index (χ4n) is 3.75. The molecule has 0 bridgehead atoms. The Morgan fingerprint density at radius 3 is 2.42 bits per heavy atom. The van der Waals surface area contributed by atoms with Gasteiger partial charge in [-0.25, -0.2) is 0 Å². The minimum atomic E-state index is -0.544. The molecule has 2 aromatic rings. The summed E-state index contributed by atoms with van der Waals surface area (Å²) in [6.45, 7) is 0.887. The van der Waals surface area contributed by atoms with Crippen LogP contribution in [0.4, 0.5) is 5.69 Å². The average Bonchev–Trinajstić information content (AvgIpc) is 2.86. The van der Waals surface area contributed by atoms with Crippen LogP contribution in [0.3, 0.4) is 0 Å². The highest BCUT2D eigenvalue weighted by Crippen LogP contribution is 2.21. The lowest BCUT2D eigenvalue weighted by molar-refractivity contribution is -0.139. The summed E-state index contributed by atoms with van der Waals surface area (Å²) in [5.41, 5.74) is 1.98. The van der Waals surface area contributed by atoms with Crippen molar-refractivity contribution in [2.24, 2.45) is 5.92 Å². The number of ether oxygens (including phenoxy) is 1. The van der Waals surface area contributed by atoms with Crippen molar-refractivity contribution in [2.75, 3.05) is 32.1 Å². The van der Waals surface area contributed by atoms with Crippen molar-refractivity contribution >= 4 is 29.4 Å². The van der Waals surface area contributed by atoms with Crippen molar-refractivity contribution < 1.29 is 23.9 Å². The van der Waals surface area contributed by atoms with E-state index in [9.17, 15) is 19.2 Å². The number of rotatable bonds is 8. The minimum Gasteiger partial charge on any atom is -0.468 e. The monoisotopic (exact) mass is 451 g/mol. The van der Waals surface area contributed by atoms with Gasteiger partial charge in [0.05, 0.1) is 7.11 Å². The van der Waals surface area contributed by atoms with Crippen LogP contribution in [0, 0.1) is 5.92 Å². The first-order valence-corrected chi connectivity index (χ1v) is 11.0. The molecule has 1 fully saturated rings. The molecule has 0 aliphatic carbocycles. The molecule has 33 heavy (non-hydrogen) atoms. The van der Waals surface area contributed by atoms with Gasteiger partial charge in [-0.05, 0) is 43.0 Å². The van der Waals surface area contributed by atoms with Gasteiger partial charge in [0.15, 0.2) is 0 Å². The second kappa shape index (κ2) is 11.8. The number of esters is 1. The van der Waals surface area contributed by atoms with Crippen LogP contribution < -0.4 is 10.6 Å². The maximum atomic E-state index is 12.7. The SMILES string of the molecule is COC(=O)CNC(=O)c1cccc(NC(=O)C2CCN(C(=O)CCc3ccccc3)CC2)c1. The van der Waals surface area contributed by atoms with Crippen LogP contribution in [0.2, 0.25) is 0 Å². The van der Waals surface area contributed by atoms with Crippen LogP contribution in [0.5, 0.6) is 0 Å². The van der Waals surface area contributed by atoms with Crippen molar-refractivity contribution in [3.05, 3.63) is 65.7 Å². The summed E-state index contributed by atoms with van der Waals surface area (Å²) >= 11 is 0. The number of amides is 3. The van der Waals surface area contributed by atoms with Crippen LogP contribution in [0.1, 0.15) is 35.2 Å². The number of carbonyl (C=O) groups is 4. The number of hydrogen-bond donors (Lipinski definition) is 2. The Hall–Kier alpha value is -3.68. The summed E-state index contributed by atoms with van der Waals surface area (Å²) in [4.78, 5) is 50.4. The number of carbonyl (C=O) groups excluding carboxylic acids is 4. The highest BCUT2D eigenvalue weighted by molar-refractivity contribution is 5.98.